The average molecular weight is 247 g/mol. The van der Waals surface area contributed by atoms with Gasteiger partial charge in [-0.05, 0) is 33.6 Å². The van der Waals surface area contributed by atoms with Crippen molar-refractivity contribution in [1.29, 1.82) is 0 Å². The highest BCUT2D eigenvalue weighted by molar-refractivity contribution is 5.84. The van der Waals surface area contributed by atoms with E-state index in [0.717, 1.165) is 0 Å². The van der Waals surface area contributed by atoms with E-state index in [1.54, 1.807) is 20.8 Å². The maximum absolute atomic E-state index is 13.1. The van der Waals surface area contributed by atoms with E-state index in [4.69, 9.17) is 9.84 Å². The number of alkyl carbamates (subject to hydrolysis) is 1. The van der Waals surface area contributed by atoms with Crippen LogP contribution in [0.1, 0.15) is 40.0 Å². The normalized spacial score (nSPS) is 28.8. The fourth-order valence-corrected chi connectivity index (χ4v) is 1.85. The molecule has 2 atom stereocenters. The zero-order chi connectivity index (χ0) is 13.3. The number of nitrogens with one attached hydrogen (secondary N) is 1. The Morgan fingerprint density at radius 3 is 2.41 bits per heavy atom. The van der Waals surface area contributed by atoms with Crippen LogP contribution in [-0.2, 0) is 9.53 Å². The fourth-order valence-electron chi connectivity index (χ4n) is 1.85. The first kappa shape index (κ1) is 13.7. The summed E-state index contributed by atoms with van der Waals surface area (Å²) in [4.78, 5) is 22.6. The molecule has 0 aliphatic heterocycles. The number of carbonyl (C=O) groups excluding carboxylic acids is 1. The Balaban J connectivity index is 2.69. The van der Waals surface area contributed by atoms with Crippen molar-refractivity contribution >= 4 is 12.1 Å². The topological polar surface area (TPSA) is 75.6 Å². The van der Waals surface area contributed by atoms with Crippen LogP contribution in [0.25, 0.3) is 0 Å². The van der Waals surface area contributed by atoms with Gasteiger partial charge in [0, 0.05) is 6.42 Å². The van der Waals surface area contributed by atoms with Gasteiger partial charge in [-0.2, -0.15) is 0 Å². The SMILES string of the molecule is CC(C)(C)OC(=O)N[C@@]1(C(=O)O)CC[C@H](F)C1. The highest BCUT2D eigenvalue weighted by Crippen LogP contribution is 2.32. The number of halogens is 1. The summed E-state index contributed by atoms with van der Waals surface area (Å²) in [5.74, 6) is -1.22. The van der Waals surface area contributed by atoms with E-state index in [-0.39, 0.29) is 19.3 Å². The number of hydrogen-bond donors (Lipinski definition) is 2. The van der Waals surface area contributed by atoms with Crippen LogP contribution >= 0.6 is 0 Å². The van der Waals surface area contributed by atoms with E-state index in [2.05, 4.69) is 5.32 Å². The monoisotopic (exact) mass is 247 g/mol. The second-order valence-electron chi connectivity index (χ2n) is 5.35. The zero-order valence-electron chi connectivity index (χ0n) is 10.2. The first-order valence-electron chi connectivity index (χ1n) is 5.53. The summed E-state index contributed by atoms with van der Waals surface area (Å²) in [6.45, 7) is 5.02. The van der Waals surface area contributed by atoms with E-state index < -0.39 is 29.4 Å². The van der Waals surface area contributed by atoms with Crippen molar-refractivity contribution in [3.8, 4) is 0 Å². The highest BCUT2D eigenvalue weighted by atomic mass is 19.1. The van der Waals surface area contributed by atoms with Gasteiger partial charge in [0.15, 0.2) is 0 Å². The third-order valence-corrected chi connectivity index (χ3v) is 2.60. The van der Waals surface area contributed by atoms with Gasteiger partial charge in [0.1, 0.15) is 17.3 Å². The van der Waals surface area contributed by atoms with E-state index in [1.165, 1.54) is 0 Å². The summed E-state index contributed by atoms with van der Waals surface area (Å²) < 4.78 is 18.1. The van der Waals surface area contributed by atoms with E-state index >= 15 is 0 Å². The van der Waals surface area contributed by atoms with Gasteiger partial charge in [0.2, 0.25) is 0 Å². The maximum Gasteiger partial charge on any atom is 0.408 e. The molecule has 1 amide bonds. The van der Waals surface area contributed by atoms with Crippen LogP contribution < -0.4 is 5.32 Å². The zero-order valence-corrected chi connectivity index (χ0v) is 10.2. The molecule has 1 saturated carbocycles. The summed E-state index contributed by atoms with van der Waals surface area (Å²) in [5.41, 5.74) is -2.24. The van der Waals surface area contributed by atoms with Crippen LogP contribution in [0.2, 0.25) is 0 Å². The number of hydrogen-bond acceptors (Lipinski definition) is 3. The van der Waals surface area contributed by atoms with Crippen molar-refractivity contribution in [2.24, 2.45) is 0 Å². The van der Waals surface area contributed by atoms with Crippen LogP contribution in [0.5, 0.6) is 0 Å². The quantitative estimate of drug-likeness (QED) is 0.780. The van der Waals surface area contributed by atoms with Gasteiger partial charge in [-0.1, -0.05) is 0 Å². The van der Waals surface area contributed by atoms with Crippen LogP contribution in [0.4, 0.5) is 9.18 Å². The second kappa shape index (κ2) is 4.50. The van der Waals surface area contributed by atoms with E-state index in [0.29, 0.717) is 0 Å². The molecule has 17 heavy (non-hydrogen) atoms. The molecule has 6 heteroatoms. The molecule has 2 N–H and O–H groups in total. The number of alkyl halides is 1. The number of rotatable bonds is 2. The lowest BCUT2D eigenvalue weighted by Gasteiger charge is -2.27. The predicted molar refractivity (Wildman–Crippen MR) is 58.5 cm³/mol. The van der Waals surface area contributed by atoms with E-state index in [1.807, 2.05) is 0 Å². The highest BCUT2D eigenvalue weighted by Gasteiger charge is 2.47. The Morgan fingerprint density at radius 2 is 2.06 bits per heavy atom. The molecular weight excluding hydrogens is 229 g/mol. The number of ether oxygens (including phenoxy) is 1. The standard InChI is InChI=1S/C11H18FNO4/c1-10(2,3)17-9(16)13-11(8(14)15)5-4-7(12)6-11/h7H,4-6H2,1-3H3,(H,13,16)(H,14,15)/t7-,11-/m0/s1. The minimum absolute atomic E-state index is 0.0861. The number of carboxylic acid groups (broad SMARTS) is 1. The van der Waals surface area contributed by atoms with Crippen molar-refractivity contribution in [1.82, 2.24) is 5.32 Å². The molecule has 0 aromatic rings. The largest absolute Gasteiger partial charge is 0.480 e. The van der Waals surface area contributed by atoms with Crippen molar-refractivity contribution in [2.45, 2.75) is 57.3 Å². The molecule has 98 valence electrons. The molecule has 0 aromatic heterocycles. The van der Waals surface area contributed by atoms with Crippen molar-refractivity contribution < 1.29 is 23.8 Å². The van der Waals surface area contributed by atoms with Crippen molar-refractivity contribution in [2.75, 3.05) is 0 Å². The molecule has 0 heterocycles. The second-order valence-corrected chi connectivity index (χ2v) is 5.35. The van der Waals surface area contributed by atoms with Gasteiger partial charge in [-0.25, -0.2) is 14.0 Å². The van der Waals surface area contributed by atoms with Crippen LogP contribution in [0.15, 0.2) is 0 Å². The average Bonchev–Trinajstić information content (AvgIpc) is 2.44. The van der Waals surface area contributed by atoms with Crippen LogP contribution in [0.3, 0.4) is 0 Å². The number of amides is 1. The number of carboxylic acids is 1. The molecule has 1 rings (SSSR count). The third kappa shape index (κ3) is 3.57. The van der Waals surface area contributed by atoms with Gasteiger partial charge >= 0.3 is 12.1 Å². The minimum Gasteiger partial charge on any atom is -0.480 e. The molecular formula is C11H18FNO4. The molecule has 0 saturated heterocycles. The van der Waals surface area contributed by atoms with Gasteiger partial charge < -0.3 is 15.2 Å². The van der Waals surface area contributed by atoms with Crippen molar-refractivity contribution in [3.63, 3.8) is 0 Å². The van der Waals surface area contributed by atoms with Gasteiger partial charge in [-0.15, -0.1) is 0 Å². The molecule has 0 radical (unpaired) electrons. The molecule has 1 aliphatic rings. The van der Waals surface area contributed by atoms with Crippen molar-refractivity contribution in [3.05, 3.63) is 0 Å². The minimum atomic E-state index is -1.53. The summed E-state index contributed by atoms with van der Waals surface area (Å²) >= 11 is 0. The number of carbonyl (C=O) groups is 2. The fraction of sp³-hybridized carbons (Fsp3) is 0.818. The summed E-state index contributed by atoms with van der Waals surface area (Å²) in [5, 5.41) is 11.4. The van der Waals surface area contributed by atoms with Gasteiger partial charge in [0.05, 0.1) is 0 Å². The first-order valence-corrected chi connectivity index (χ1v) is 5.53. The third-order valence-electron chi connectivity index (χ3n) is 2.60. The smallest absolute Gasteiger partial charge is 0.408 e. The van der Waals surface area contributed by atoms with Gasteiger partial charge in [-0.3, -0.25) is 0 Å². The molecule has 0 bridgehead atoms. The summed E-state index contributed by atoms with van der Waals surface area (Å²) in [6.07, 6.45) is -2.00. The Kier molecular flexibility index (Phi) is 3.64. The molecule has 0 spiro atoms. The molecule has 5 nitrogen and oxygen atoms in total. The first-order chi connectivity index (χ1) is 7.65. The lowest BCUT2D eigenvalue weighted by Crippen LogP contribution is -2.54. The maximum atomic E-state index is 13.1. The summed E-state index contributed by atoms with van der Waals surface area (Å²) in [7, 11) is 0. The Morgan fingerprint density at radius 1 is 1.47 bits per heavy atom. The lowest BCUT2D eigenvalue weighted by atomic mass is 9.98. The predicted octanol–water partition coefficient (Wildman–Crippen LogP) is 1.86. The molecule has 1 aliphatic carbocycles. The lowest BCUT2D eigenvalue weighted by molar-refractivity contribution is -0.144. The van der Waals surface area contributed by atoms with E-state index in [9.17, 15) is 14.0 Å². The van der Waals surface area contributed by atoms with Gasteiger partial charge in [0.25, 0.3) is 0 Å². The summed E-state index contributed by atoms with van der Waals surface area (Å²) in [6, 6.07) is 0. The number of aliphatic carboxylic acids is 1. The molecule has 0 unspecified atom stereocenters. The van der Waals surface area contributed by atoms with Crippen LogP contribution in [0, 0.1) is 0 Å². The Bertz CT molecular complexity index is 326. The Labute approximate surface area is 99.3 Å². The Hall–Kier alpha value is -1.33. The molecule has 1 fully saturated rings. The molecule has 0 aromatic carbocycles. The van der Waals surface area contributed by atoms with Crippen LogP contribution in [-0.4, -0.2) is 34.5 Å².